The van der Waals surface area contributed by atoms with Crippen molar-refractivity contribution < 1.29 is 21.6 Å². The van der Waals surface area contributed by atoms with Crippen LogP contribution >= 0.6 is 34.8 Å². The number of H-pyrrole nitrogens is 1. The van der Waals surface area contributed by atoms with Crippen LogP contribution in [0.3, 0.4) is 0 Å². The van der Waals surface area contributed by atoms with E-state index >= 15 is 0 Å². The molecule has 5 rings (SSSR count). The van der Waals surface area contributed by atoms with Crippen LogP contribution in [0.5, 0.6) is 0 Å². The second-order valence-electron chi connectivity index (χ2n) is 9.46. The lowest BCUT2D eigenvalue weighted by atomic mass is 10.0. The number of hydrogen-bond donors (Lipinski definition) is 3. The molecule has 0 bridgehead atoms. The van der Waals surface area contributed by atoms with Gasteiger partial charge in [-0.1, -0.05) is 46.9 Å². The lowest BCUT2D eigenvalue weighted by Crippen LogP contribution is -2.33. The number of carbonyl (C=O) groups is 1. The molecule has 1 amide bonds. The Morgan fingerprint density at radius 3 is 2.33 bits per heavy atom. The Kier molecular flexibility index (Phi) is 8.34. The molecule has 0 atom stereocenters. The number of benzene rings is 3. The van der Waals surface area contributed by atoms with E-state index in [2.05, 4.69) is 14.4 Å². The Bertz CT molecular complexity index is 2200. The number of rotatable bonds is 8. The summed E-state index contributed by atoms with van der Waals surface area (Å²) in [6.07, 6.45) is 2.34. The maximum atomic E-state index is 14.0. The third-order valence-corrected chi connectivity index (χ3v) is 9.10. The van der Waals surface area contributed by atoms with Crippen LogP contribution in [0.15, 0.2) is 88.7 Å². The Labute approximate surface area is 261 Å². The quantitative estimate of drug-likeness (QED) is 0.198. The summed E-state index contributed by atoms with van der Waals surface area (Å²) in [5, 5.41) is 1.43. The largest absolute Gasteiger partial charge is 0.331 e. The van der Waals surface area contributed by atoms with Crippen LogP contribution in [-0.2, 0) is 26.6 Å². The summed E-state index contributed by atoms with van der Waals surface area (Å²) in [5.41, 5.74) is 0.563. The lowest BCUT2D eigenvalue weighted by molar-refractivity contribution is 0.0974. The molecular formula is C28H21Cl3N4O6S2. The first-order chi connectivity index (χ1) is 20.2. The van der Waals surface area contributed by atoms with Gasteiger partial charge in [-0.25, -0.2) is 21.6 Å². The summed E-state index contributed by atoms with van der Waals surface area (Å²) in [6, 6.07) is 17.7. The van der Waals surface area contributed by atoms with Crippen molar-refractivity contribution in [3.63, 3.8) is 0 Å². The molecule has 15 heteroatoms. The first-order valence-corrected chi connectivity index (χ1v) is 16.8. The van der Waals surface area contributed by atoms with Crippen LogP contribution in [0.2, 0.25) is 15.1 Å². The van der Waals surface area contributed by atoms with Crippen molar-refractivity contribution >= 4 is 77.3 Å². The third-order valence-electron chi connectivity index (χ3n) is 6.35. The van der Waals surface area contributed by atoms with E-state index < -0.39 is 31.5 Å². The van der Waals surface area contributed by atoms with E-state index in [0.717, 1.165) is 12.3 Å². The molecule has 0 spiro atoms. The Morgan fingerprint density at radius 2 is 1.63 bits per heavy atom. The zero-order chi connectivity index (χ0) is 31.1. The molecule has 10 nitrogen and oxygen atoms in total. The molecule has 2 aromatic heterocycles. The van der Waals surface area contributed by atoms with Crippen molar-refractivity contribution in [1.29, 1.82) is 0 Å². The summed E-state index contributed by atoms with van der Waals surface area (Å²) < 4.78 is 56.0. The molecule has 0 radical (unpaired) electrons. The number of nitrogens with zero attached hydrogens (tertiary/aromatic N) is 1. The average molecular weight is 680 g/mol. The SMILES string of the molecule is CS(=O)(=O)Nc1cccc(S(=O)(=O)NC(=O)c2c(-c3ccc[nH]c3=O)c3cc(Cl)ccc3n2Cc2ccc(Cl)cc2Cl)c1. The molecule has 222 valence electrons. The number of pyridine rings is 1. The Hall–Kier alpha value is -3.81. The van der Waals surface area contributed by atoms with Gasteiger partial charge in [-0.3, -0.25) is 14.3 Å². The normalized spacial score (nSPS) is 11.9. The van der Waals surface area contributed by atoms with Crippen molar-refractivity contribution in [2.24, 2.45) is 0 Å². The smallest absolute Gasteiger partial charge is 0.282 e. The molecule has 0 saturated carbocycles. The Morgan fingerprint density at radius 1 is 0.907 bits per heavy atom. The lowest BCUT2D eigenvalue weighted by Gasteiger charge is -2.14. The first-order valence-electron chi connectivity index (χ1n) is 12.3. The summed E-state index contributed by atoms with van der Waals surface area (Å²) in [4.78, 5) is 29.2. The van der Waals surface area contributed by atoms with Gasteiger partial charge in [0.05, 0.1) is 11.2 Å². The van der Waals surface area contributed by atoms with Crippen LogP contribution in [0, 0.1) is 0 Å². The highest BCUT2D eigenvalue weighted by Gasteiger charge is 2.29. The summed E-state index contributed by atoms with van der Waals surface area (Å²) in [5.74, 6) is -1.06. The number of anilines is 1. The topological polar surface area (TPSA) is 147 Å². The predicted molar refractivity (Wildman–Crippen MR) is 168 cm³/mol. The number of halogens is 3. The molecule has 3 N–H and O–H groups in total. The monoisotopic (exact) mass is 678 g/mol. The molecule has 0 aliphatic carbocycles. The van der Waals surface area contributed by atoms with Crippen molar-refractivity contribution in [3.05, 3.63) is 116 Å². The molecule has 0 saturated heterocycles. The minimum absolute atomic E-state index is 0.00453. The van der Waals surface area contributed by atoms with Crippen molar-refractivity contribution in [1.82, 2.24) is 14.3 Å². The van der Waals surface area contributed by atoms with Gasteiger partial charge >= 0.3 is 0 Å². The molecule has 43 heavy (non-hydrogen) atoms. The number of nitrogens with one attached hydrogen (secondary N) is 3. The van der Waals surface area contributed by atoms with E-state index in [1.54, 1.807) is 36.4 Å². The minimum atomic E-state index is -4.55. The number of carbonyl (C=O) groups excluding carboxylic acids is 1. The molecule has 0 aliphatic rings. The van der Waals surface area contributed by atoms with Gasteiger partial charge in [0.1, 0.15) is 5.69 Å². The average Bonchev–Trinajstić information content (AvgIpc) is 3.22. The maximum Gasteiger partial charge on any atom is 0.282 e. The summed E-state index contributed by atoms with van der Waals surface area (Å²) in [7, 11) is -8.25. The third kappa shape index (κ3) is 6.58. The molecular weight excluding hydrogens is 659 g/mol. The van der Waals surface area contributed by atoms with Gasteiger partial charge in [0.15, 0.2) is 0 Å². The zero-order valence-corrected chi connectivity index (χ0v) is 26.0. The molecule has 0 aliphatic heterocycles. The van der Waals surface area contributed by atoms with Gasteiger partial charge in [-0.2, -0.15) is 0 Å². The second kappa shape index (κ2) is 11.7. The molecule has 3 aromatic carbocycles. The fraction of sp³-hybridized carbons (Fsp3) is 0.0714. The van der Waals surface area contributed by atoms with Gasteiger partial charge in [0, 0.05) is 55.5 Å². The highest BCUT2D eigenvalue weighted by molar-refractivity contribution is 7.92. The number of sulfonamides is 2. The zero-order valence-electron chi connectivity index (χ0n) is 22.1. The molecule has 0 unspecified atom stereocenters. The van der Waals surface area contributed by atoms with Crippen LogP contribution in [0.4, 0.5) is 5.69 Å². The highest BCUT2D eigenvalue weighted by Crippen LogP contribution is 2.37. The van der Waals surface area contributed by atoms with Gasteiger partial charge < -0.3 is 9.55 Å². The number of hydrogen-bond acceptors (Lipinski definition) is 6. The Balaban J connectivity index is 1.72. The highest BCUT2D eigenvalue weighted by atomic mass is 35.5. The number of amides is 1. The molecule has 2 heterocycles. The standard InChI is InChI=1S/C28H21Cl3N4O6S2/c1-42(38,39)33-19-4-2-5-20(14-19)43(40,41)34-28(37)26-25(21-6-3-11-32-27(21)36)22-12-17(29)9-10-24(22)35(26)15-16-7-8-18(30)13-23(16)31/h2-14,33H,15H2,1H3,(H,32,36)(H,34,37). The number of fused-ring (bicyclic) bond motifs is 1. The predicted octanol–water partition coefficient (Wildman–Crippen LogP) is 5.50. The fourth-order valence-electron chi connectivity index (χ4n) is 4.61. The van der Waals surface area contributed by atoms with E-state index in [0.29, 0.717) is 31.5 Å². The van der Waals surface area contributed by atoms with E-state index in [-0.39, 0.29) is 33.9 Å². The van der Waals surface area contributed by atoms with E-state index in [4.69, 9.17) is 34.8 Å². The molecule has 0 fully saturated rings. The summed E-state index contributed by atoms with van der Waals surface area (Å²) in [6.45, 7) is -0.00453. The van der Waals surface area contributed by atoms with Crippen molar-refractivity contribution in [2.75, 3.05) is 11.0 Å². The van der Waals surface area contributed by atoms with Gasteiger partial charge in [-0.05, 0) is 66.2 Å². The fourth-order valence-corrected chi connectivity index (χ4v) is 6.80. The maximum absolute atomic E-state index is 14.0. The van der Waals surface area contributed by atoms with Crippen LogP contribution in [0.1, 0.15) is 16.1 Å². The van der Waals surface area contributed by atoms with Crippen LogP contribution in [0.25, 0.3) is 22.0 Å². The van der Waals surface area contributed by atoms with E-state index in [1.165, 1.54) is 41.1 Å². The second-order valence-corrected chi connectivity index (χ2v) is 14.2. The van der Waals surface area contributed by atoms with Gasteiger partial charge in [0.2, 0.25) is 10.0 Å². The number of aromatic amines is 1. The van der Waals surface area contributed by atoms with Crippen LogP contribution in [-0.4, -0.2) is 38.5 Å². The number of aromatic nitrogens is 2. The summed E-state index contributed by atoms with van der Waals surface area (Å²) >= 11 is 18.9. The van der Waals surface area contributed by atoms with Gasteiger partial charge in [-0.15, -0.1) is 0 Å². The first kappa shape index (κ1) is 30.6. The van der Waals surface area contributed by atoms with Crippen molar-refractivity contribution in [3.8, 4) is 11.1 Å². The van der Waals surface area contributed by atoms with Gasteiger partial charge in [0.25, 0.3) is 21.5 Å². The van der Waals surface area contributed by atoms with Crippen LogP contribution < -0.4 is 15.0 Å². The molecule has 5 aromatic rings. The van der Waals surface area contributed by atoms with E-state index in [1.807, 2.05) is 0 Å². The van der Waals surface area contributed by atoms with E-state index in [9.17, 15) is 26.4 Å². The minimum Gasteiger partial charge on any atom is -0.331 e. The van der Waals surface area contributed by atoms with Crippen molar-refractivity contribution in [2.45, 2.75) is 11.4 Å².